The number of nitrogens with zero attached hydrogens (tertiary/aromatic N) is 2. The Labute approximate surface area is 186 Å². The van der Waals surface area contributed by atoms with E-state index in [2.05, 4.69) is 15.2 Å². The molecular weight excluding hydrogens is 418 g/mol. The SMILES string of the molecule is CC(C)(C)OC(=O)NCCOCC1CCCN(c2ccnc3sc(C(N)=O)c(N)c23)C1. The number of rotatable bonds is 7. The average molecular weight is 450 g/mol. The van der Waals surface area contributed by atoms with E-state index < -0.39 is 17.6 Å². The molecule has 170 valence electrons. The van der Waals surface area contributed by atoms with Crippen molar-refractivity contribution in [3.05, 3.63) is 17.1 Å². The molecule has 3 rings (SSSR count). The number of amides is 2. The number of nitrogens with two attached hydrogens (primary N) is 2. The highest BCUT2D eigenvalue weighted by atomic mass is 32.1. The van der Waals surface area contributed by atoms with Crippen LogP contribution in [-0.2, 0) is 9.47 Å². The van der Waals surface area contributed by atoms with Gasteiger partial charge in [-0.2, -0.15) is 0 Å². The Morgan fingerprint density at radius 2 is 2.16 bits per heavy atom. The summed E-state index contributed by atoms with van der Waals surface area (Å²) in [6.45, 7) is 8.63. The largest absolute Gasteiger partial charge is 0.444 e. The summed E-state index contributed by atoms with van der Waals surface area (Å²) in [7, 11) is 0. The van der Waals surface area contributed by atoms with E-state index in [1.165, 1.54) is 11.3 Å². The quantitative estimate of drug-likeness (QED) is 0.554. The first-order chi connectivity index (χ1) is 14.7. The number of alkyl carbamates (subject to hydrolysis) is 1. The van der Waals surface area contributed by atoms with Gasteiger partial charge in [-0.1, -0.05) is 0 Å². The third-order valence-corrected chi connectivity index (χ3v) is 6.09. The Morgan fingerprint density at radius 3 is 2.87 bits per heavy atom. The van der Waals surface area contributed by atoms with Crippen molar-refractivity contribution in [1.82, 2.24) is 10.3 Å². The molecule has 2 aromatic heterocycles. The maximum atomic E-state index is 11.7. The smallest absolute Gasteiger partial charge is 0.407 e. The Bertz CT molecular complexity index is 940. The van der Waals surface area contributed by atoms with E-state index in [-0.39, 0.29) is 0 Å². The van der Waals surface area contributed by atoms with Crippen LogP contribution >= 0.6 is 11.3 Å². The fourth-order valence-electron chi connectivity index (χ4n) is 3.68. The standard InChI is InChI=1S/C21H31N5O4S/c1-21(2,3)30-20(28)25-8-10-29-12-13-5-4-9-26(11-13)14-6-7-24-19-15(14)16(22)17(31-19)18(23)27/h6-7,13H,4-5,8-12,22H2,1-3H3,(H2,23,27)(H,25,28). The molecule has 1 aliphatic heterocycles. The van der Waals surface area contributed by atoms with Gasteiger partial charge in [0.2, 0.25) is 0 Å². The minimum Gasteiger partial charge on any atom is -0.444 e. The van der Waals surface area contributed by atoms with Crippen molar-refractivity contribution in [2.24, 2.45) is 11.7 Å². The third kappa shape index (κ3) is 5.98. The van der Waals surface area contributed by atoms with Crippen LogP contribution in [0.3, 0.4) is 0 Å². The van der Waals surface area contributed by atoms with Crippen molar-refractivity contribution in [3.8, 4) is 0 Å². The van der Waals surface area contributed by atoms with Crippen LogP contribution < -0.4 is 21.7 Å². The molecule has 1 saturated heterocycles. The summed E-state index contributed by atoms with van der Waals surface area (Å²) >= 11 is 1.23. The number of thiophene rings is 1. The summed E-state index contributed by atoms with van der Waals surface area (Å²) in [4.78, 5) is 31.0. The van der Waals surface area contributed by atoms with Gasteiger partial charge in [0.15, 0.2) is 0 Å². The summed E-state index contributed by atoms with van der Waals surface area (Å²) in [5, 5.41) is 3.49. The van der Waals surface area contributed by atoms with Crippen molar-refractivity contribution in [2.75, 3.05) is 43.5 Å². The maximum Gasteiger partial charge on any atom is 0.407 e. The first-order valence-corrected chi connectivity index (χ1v) is 11.2. The van der Waals surface area contributed by atoms with E-state index in [0.29, 0.717) is 36.2 Å². The number of carbonyl (C=O) groups excluding carboxylic acids is 2. The van der Waals surface area contributed by atoms with Crippen molar-refractivity contribution in [1.29, 1.82) is 0 Å². The molecule has 0 saturated carbocycles. The molecule has 1 atom stereocenters. The zero-order valence-electron chi connectivity index (χ0n) is 18.3. The molecule has 0 spiro atoms. The highest BCUT2D eigenvalue weighted by Crippen LogP contribution is 2.39. The second-order valence-corrected chi connectivity index (χ2v) is 9.68. The predicted octanol–water partition coefficient (Wildman–Crippen LogP) is 2.74. The number of nitrogen functional groups attached to an aromatic ring is 1. The van der Waals surface area contributed by atoms with Crippen LogP contribution in [-0.4, -0.2) is 55.4 Å². The predicted molar refractivity (Wildman–Crippen MR) is 123 cm³/mol. The molecular formula is C21H31N5O4S. The zero-order chi connectivity index (χ0) is 22.6. The van der Waals surface area contributed by atoms with Gasteiger partial charge in [-0.25, -0.2) is 9.78 Å². The number of hydrogen-bond donors (Lipinski definition) is 3. The van der Waals surface area contributed by atoms with Gasteiger partial charge < -0.3 is 31.2 Å². The summed E-state index contributed by atoms with van der Waals surface area (Å²) < 4.78 is 11.0. The lowest BCUT2D eigenvalue weighted by Crippen LogP contribution is -2.38. The van der Waals surface area contributed by atoms with E-state index >= 15 is 0 Å². The Hall–Kier alpha value is -2.59. The number of hydrogen-bond acceptors (Lipinski definition) is 8. The van der Waals surface area contributed by atoms with Crippen LogP contribution in [0.1, 0.15) is 43.3 Å². The topological polar surface area (TPSA) is 133 Å². The van der Waals surface area contributed by atoms with Crippen LogP contribution in [0.15, 0.2) is 12.3 Å². The number of fused-ring (bicyclic) bond motifs is 1. The average Bonchev–Trinajstić information content (AvgIpc) is 3.04. The Balaban J connectivity index is 1.54. The summed E-state index contributed by atoms with van der Waals surface area (Å²) in [6, 6.07) is 1.93. The maximum absolute atomic E-state index is 11.7. The zero-order valence-corrected chi connectivity index (χ0v) is 19.1. The molecule has 0 aromatic carbocycles. The molecule has 3 heterocycles. The number of ether oxygens (including phenoxy) is 2. The van der Waals surface area contributed by atoms with Crippen LogP contribution in [0.5, 0.6) is 0 Å². The van der Waals surface area contributed by atoms with E-state index in [9.17, 15) is 9.59 Å². The second-order valence-electron chi connectivity index (χ2n) is 8.68. The highest BCUT2D eigenvalue weighted by Gasteiger charge is 2.25. The molecule has 5 N–H and O–H groups in total. The van der Waals surface area contributed by atoms with Gasteiger partial charge in [-0.3, -0.25) is 4.79 Å². The molecule has 1 unspecified atom stereocenters. The number of nitrogens with one attached hydrogen (secondary N) is 1. The number of piperidine rings is 1. The minimum atomic E-state index is -0.531. The number of aromatic nitrogens is 1. The molecule has 10 heteroatoms. The van der Waals surface area contributed by atoms with Gasteiger partial charge in [0.25, 0.3) is 5.91 Å². The third-order valence-electron chi connectivity index (χ3n) is 4.96. The summed E-state index contributed by atoms with van der Waals surface area (Å²) in [5.41, 5.74) is 12.6. The van der Waals surface area contributed by atoms with Gasteiger partial charge >= 0.3 is 6.09 Å². The van der Waals surface area contributed by atoms with E-state index in [4.69, 9.17) is 20.9 Å². The van der Waals surface area contributed by atoms with E-state index in [1.807, 2.05) is 26.8 Å². The molecule has 9 nitrogen and oxygen atoms in total. The normalized spacial score (nSPS) is 17.0. The highest BCUT2D eigenvalue weighted by molar-refractivity contribution is 7.21. The molecule has 31 heavy (non-hydrogen) atoms. The molecule has 0 aliphatic carbocycles. The minimum absolute atomic E-state index is 0.351. The lowest BCUT2D eigenvalue weighted by Gasteiger charge is -2.34. The van der Waals surface area contributed by atoms with Gasteiger partial charge in [0.05, 0.1) is 30.0 Å². The second kappa shape index (κ2) is 9.69. The van der Waals surface area contributed by atoms with Gasteiger partial charge in [-0.15, -0.1) is 11.3 Å². The number of pyridine rings is 1. The first-order valence-electron chi connectivity index (χ1n) is 10.4. The molecule has 2 amide bonds. The monoisotopic (exact) mass is 449 g/mol. The lowest BCUT2D eigenvalue weighted by atomic mass is 9.98. The van der Waals surface area contributed by atoms with Crippen LogP contribution in [0.2, 0.25) is 0 Å². The summed E-state index contributed by atoms with van der Waals surface area (Å²) in [6.07, 6.45) is 3.39. The van der Waals surface area contributed by atoms with E-state index in [0.717, 1.165) is 41.8 Å². The van der Waals surface area contributed by atoms with Gasteiger partial charge in [-0.05, 0) is 45.6 Å². The van der Waals surface area contributed by atoms with Crippen molar-refractivity contribution < 1.29 is 19.1 Å². The number of primary amides is 1. The van der Waals surface area contributed by atoms with Crippen LogP contribution in [0.4, 0.5) is 16.2 Å². The Kier molecular flexibility index (Phi) is 7.22. The van der Waals surface area contributed by atoms with Crippen molar-refractivity contribution in [3.63, 3.8) is 0 Å². The Morgan fingerprint density at radius 1 is 1.39 bits per heavy atom. The molecule has 1 fully saturated rings. The van der Waals surface area contributed by atoms with Crippen molar-refractivity contribution >= 4 is 44.9 Å². The van der Waals surface area contributed by atoms with E-state index in [1.54, 1.807) is 6.20 Å². The molecule has 2 aromatic rings. The fourth-order valence-corrected chi connectivity index (χ4v) is 4.62. The number of carbonyl (C=O) groups is 2. The molecule has 0 bridgehead atoms. The van der Waals surface area contributed by atoms with Gasteiger partial charge in [0.1, 0.15) is 15.3 Å². The summed E-state index contributed by atoms with van der Waals surface area (Å²) in [5.74, 6) is -0.176. The van der Waals surface area contributed by atoms with Gasteiger partial charge in [0, 0.05) is 25.8 Å². The lowest BCUT2D eigenvalue weighted by molar-refractivity contribution is 0.0481. The fraction of sp³-hybridized carbons (Fsp3) is 0.571. The molecule has 0 radical (unpaired) electrons. The van der Waals surface area contributed by atoms with Crippen molar-refractivity contribution in [2.45, 2.75) is 39.2 Å². The first kappa shape index (κ1) is 23.1. The molecule has 1 aliphatic rings. The van der Waals surface area contributed by atoms with Crippen LogP contribution in [0, 0.1) is 5.92 Å². The van der Waals surface area contributed by atoms with Crippen LogP contribution in [0.25, 0.3) is 10.2 Å². The number of anilines is 2.